The molecule has 2 N–H and O–H groups in total. The van der Waals surface area contributed by atoms with Gasteiger partial charge in [0.1, 0.15) is 12.1 Å². The summed E-state index contributed by atoms with van der Waals surface area (Å²) in [5, 5.41) is 0. The summed E-state index contributed by atoms with van der Waals surface area (Å²) >= 11 is 0. The van der Waals surface area contributed by atoms with Crippen molar-refractivity contribution in [1.82, 2.24) is 4.90 Å². The molecule has 30 heavy (non-hydrogen) atoms. The molecule has 5 atom stereocenters. The van der Waals surface area contributed by atoms with Crippen LogP contribution >= 0.6 is 0 Å². The zero-order chi connectivity index (χ0) is 31.7. The molecule has 1 aromatic rings. The fourth-order valence-electron chi connectivity index (χ4n) is 3.54. The molecule has 4 unspecified atom stereocenters. The van der Waals surface area contributed by atoms with Crippen LogP contribution in [0.5, 0.6) is 11.5 Å². The number of fused-ring (bicyclic) bond motifs is 3. The number of methoxy groups -OCH3 is 2. The topological polar surface area (TPSA) is 74.0 Å². The predicted octanol–water partition coefficient (Wildman–Crippen LogP) is 3.56. The zero-order valence-electron chi connectivity index (χ0n) is 29.0. The first-order valence-corrected chi connectivity index (χ1v) is 9.94. The third-order valence-corrected chi connectivity index (χ3v) is 5.26. The highest BCUT2D eigenvalue weighted by Crippen LogP contribution is 2.44. The van der Waals surface area contributed by atoms with Crippen LogP contribution in [0, 0.1) is 17.7 Å². The molecule has 0 saturated carbocycles. The Morgan fingerprint density at radius 2 is 2.10 bits per heavy atom. The lowest BCUT2D eigenvalue weighted by Gasteiger charge is -2.47. The van der Waals surface area contributed by atoms with Gasteiger partial charge in [0.2, 0.25) is 0 Å². The van der Waals surface area contributed by atoms with Gasteiger partial charge in [-0.3, -0.25) is 9.69 Å². The summed E-state index contributed by atoms with van der Waals surface area (Å²) in [4.78, 5) is 14.1. The van der Waals surface area contributed by atoms with Gasteiger partial charge in [-0.2, -0.15) is 0 Å². The van der Waals surface area contributed by atoms with Crippen LogP contribution in [0.1, 0.15) is 72.6 Å². The monoisotopic (exact) mass is 429 g/mol. The molecule has 3 rings (SSSR count). The van der Waals surface area contributed by atoms with E-state index in [0.717, 1.165) is 4.90 Å². The zero-order valence-corrected chi connectivity index (χ0v) is 18.0. The third kappa shape index (κ3) is 4.75. The second-order valence-corrected chi connectivity index (χ2v) is 7.78. The van der Waals surface area contributed by atoms with E-state index in [9.17, 15) is 8.91 Å². The molecule has 1 fully saturated rings. The second kappa shape index (κ2) is 9.56. The van der Waals surface area contributed by atoms with E-state index in [2.05, 4.69) is 0 Å². The van der Waals surface area contributed by atoms with Gasteiger partial charge in [0.05, 0.1) is 14.2 Å². The van der Waals surface area contributed by atoms with E-state index in [1.54, 1.807) is 19.9 Å². The van der Waals surface area contributed by atoms with E-state index in [1.165, 1.54) is 20.3 Å². The number of rotatable bonds is 7. The average Bonchev–Trinajstić information content (AvgIpc) is 2.86. The number of benzene rings is 1. The van der Waals surface area contributed by atoms with Crippen LogP contribution in [0.15, 0.2) is 12.1 Å². The van der Waals surface area contributed by atoms with Gasteiger partial charge in [-0.05, 0) is 47.9 Å². The Balaban J connectivity index is 2.38. The minimum Gasteiger partial charge on any atom is -0.493 e. The van der Waals surface area contributed by atoms with Gasteiger partial charge in [-0.25, -0.2) is 0 Å². The molecule has 0 radical (unpaired) electrons. The number of nitrogens with two attached hydrogens (primary N) is 1. The Morgan fingerprint density at radius 1 is 1.40 bits per heavy atom. The first-order chi connectivity index (χ1) is 18.5. The normalized spacial score (nSPS) is 39.0. The van der Waals surface area contributed by atoms with Crippen molar-refractivity contribution in [2.75, 3.05) is 27.3 Å². The molecule has 1 saturated heterocycles. The first kappa shape index (κ1) is 12.3. The second-order valence-electron chi connectivity index (χ2n) is 7.78. The van der Waals surface area contributed by atoms with Crippen LogP contribution in [-0.4, -0.2) is 50.3 Å². The number of ether oxygens (including phenoxy) is 3. The molecule has 0 aromatic heterocycles. The molecule has 2 aliphatic heterocycles. The molecular weight excluding hydrogens is 380 g/mol. The van der Waals surface area contributed by atoms with Gasteiger partial charge in [0.25, 0.3) is 0 Å². The molecule has 0 spiro atoms. The van der Waals surface area contributed by atoms with E-state index in [0.29, 0.717) is 18.2 Å². The van der Waals surface area contributed by atoms with E-state index in [1.807, 2.05) is 0 Å². The molecule has 2 aliphatic rings. The Labute approximate surface area is 196 Å². The van der Waals surface area contributed by atoms with Gasteiger partial charge in [0.15, 0.2) is 11.5 Å². The summed E-state index contributed by atoms with van der Waals surface area (Å²) in [6.45, 7) is -2.87. The molecule has 2 heterocycles. The lowest BCUT2D eigenvalue weighted by Crippen LogP contribution is -2.51. The van der Waals surface area contributed by atoms with E-state index in [-0.39, 0.29) is 24.3 Å². The van der Waals surface area contributed by atoms with Crippen molar-refractivity contribution in [1.29, 1.82) is 0 Å². The summed E-state index contributed by atoms with van der Waals surface area (Å²) in [6, 6.07) is 0.204. The minimum atomic E-state index is -3.61. The lowest BCUT2D eigenvalue weighted by molar-refractivity contribution is -0.160. The molecule has 168 valence electrons. The number of hydrogen-bond donors (Lipinski definition) is 1. The number of esters is 1. The molecule has 0 amide bonds. The Morgan fingerprint density at radius 3 is 2.73 bits per heavy atom. The molecule has 0 bridgehead atoms. The van der Waals surface area contributed by atoms with Crippen molar-refractivity contribution in [3.8, 4) is 11.5 Å². The van der Waals surface area contributed by atoms with Gasteiger partial charge in [-0.1, -0.05) is 27.6 Å². The van der Waals surface area contributed by atoms with Crippen LogP contribution in [0.3, 0.4) is 0 Å². The standard InChI is InChI=1S/C24H38N2O4/c1-14(2)9-17-13-26-8-7-16-10-21(28-5)22(29-6)11-18(16)19(26)12-20(17)30-24(27)23(25)15(3)4/h10-11,14-15,17,19-20,23H,7-9,12-13,25H2,1-6H3/t17?,19?,20?,23-/m0/s1/i1D3,9D2,12D2,13D2,14D,17D/t14?,17?,19?,20?,23-. The summed E-state index contributed by atoms with van der Waals surface area (Å²) in [6.07, 6.45) is -8.91. The van der Waals surface area contributed by atoms with E-state index in [4.69, 9.17) is 30.9 Å². The smallest absolute Gasteiger partial charge is 0.323 e. The lowest BCUT2D eigenvalue weighted by atomic mass is 9.79. The fraction of sp³-hybridized carbons (Fsp3) is 0.708. The summed E-state index contributed by atoms with van der Waals surface area (Å²) in [5.74, 6) is -7.77. The maximum Gasteiger partial charge on any atom is 0.323 e. The van der Waals surface area contributed by atoms with Crippen molar-refractivity contribution in [2.24, 2.45) is 23.4 Å². The van der Waals surface area contributed by atoms with Crippen molar-refractivity contribution >= 4 is 5.97 Å². The quantitative estimate of drug-likeness (QED) is 0.668. The van der Waals surface area contributed by atoms with Crippen LogP contribution in [0.25, 0.3) is 0 Å². The average molecular weight is 430 g/mol. The van der Waals surface area contributed by atoms with E-state index < -0.39 is 68.0 Å². The van der Waals surface area contributed by atoms with Crippen molar-refractivity contribution in [2.45, 2.75) is 65.0 Å². The van der Waals surface area contributed by atoms with E-state index >= 15 is 0 Å². The molecule has 6 nitrogen and oxygen atoms in total. The third-order valence-electron chi connectivity index (χ3n) is 5.26. The SMILES string of the molecule is [2H]C1([2H])C2c3cc(OC)c(OC)cc3CCN2C([2H])([2H])C([2H])(C([2H])([2H])C([2H])(C)C([2H])([2H])[2H])C1OC(=O)[C@@H](N)C(C)C. The molecule has 1 aromatic carbocycles. The van der Waals surface area contributed by atoms with Gasteiger partial charge in [0, 0.05) is 46.4 Å². The summed E-state index contributed by atoms with van der Waals surface area (Å²) < 4.78 is 112. The van der Waals surface area contributed by atoms with Gasteiger partial charge < -0.3 is 19.9 Å². The summed E-state index contributed by atoms with van der Waals surface area (Å²) in [5.41, 5.74) is 6.76. The van der Waals surface area contributed by atoms with Crippen LogP contribution in [0.2, 0.25) is 0 Å². The Hall–Kier alpha value is -1.79. The Kier molecular flexibility index (Phi) is 3.92. The van der Waals surface area contributed by atoms with Crippen LogP contribution in [0.4, 0.5) is 0 Å². The molecule has 6 heteroatoms. The summed E-state index contributed by atoms with van der Waals surface area (Å²) in [7, 11) is 2.79. The Bertz CT molecular complexity index is 1170. The number of piperidine rings is 1. The largest absolute Gasteiger partial charge is 0.493 e. The van der Waals surface area contributed by atoms with Crippen LogP contribution < -0.4 is 15.2 Å². The maximum atomic E-state index is 13.2. The molecule has 0 aliphatic carbocycles. The minimum absolute atomic E-state index is 0.140. The number of nitrogens with zero attached hydrogens (tertiary/aromatic N) is 1. The predicted molar refractivity (Wildman–Crippen MR) is 118 cm³/mol. The number of hydrogen-bond acceptors (Lipinski definition) is 6. The maximum absolute atomic E-state index is 13.2. The number of carbonyl (C=O) groups excluding carboxylic acids is 1. The van der Waals surface area contributed by atoms with Gasteiger partial charge in [-0.15, -0.1) is 0 Å². The molecular formula is C24H38N2O4. The van der Waals surface area contributed by atoms with Crippen molar-refractivity contribution in [3.05, 3.63) is 23.3 Å². The van der Waals surface area contributed by atoms with Crippen molar-refractivity contribution < 1.29 is 34.1 Å². The highest BCUT2D eigenvalue weighted by molar-refractivity contribution is 5.76. The fourth-order valence-corrected chi connectivity index (χ4v) is 3.54. The highest BCUT2D eigenvalue weighted by atomic mass is 16.5. The van der Waals surface area contributed by atoms with Gasteiger partial charge >= 0.3 is 5.97 Å². The highest BCUT2D eigenvalue weighted by Gasteiger charge is 2.41. The number of carbonyl (C=O) groups is 1. The van der Waals surface area contributed by atoms with Crippen molar-refractivity contribution in [3.63, 3.8) is 0 Å². The first-order valence-electron chi connectivity index (χ1n) is 15.4. The van der Waals surface area contributed by atoms with Crippen LogP contribution in [-0.2, 0) is 16.0 Å².